The number of esters is 1. The van der Waals surface area contributed by atoms with E-state index in [-0.39, 0.29) is 19.1 Å². The predicted octanol–water partition coefficient (Wildman–Crippen LogP) is 1.27. The number of piperidine rings is 1. The standard InChI is InChI=1S/C18H29NO6/c1-12(2)11-24-17(22)14-8-4-5-9-19(14)16(21)15(20)18(23)13(3)7-6-10-25-18/h12-14,23H,4-11H2,1-3H3/t13-,14+,18-/m1/s1. The van der Waals surface area contributed by atoms with Crippen LogP contribution in [0.3, 0.4) is 0 Å². The number of aliphatic hydroxyl groups is 1. The first-order valence-electron chi connectivity index (χ1n) is 9.15. The maximum absolute atomic E-state index is 12.7. The van der Waals surface area contributed by atoms with Crippen molar-refractivity contribution >= 4 is 17.7 Å². The maximum atomic E-state index is 12.7. The van der Waals surface area contributed by atoms with Gasteiger partial charge in [-0.2, -0.15) is 0 Å². The van der Waals surface area contributed by atoms with Crippen LogP contribution in [0.1, 0.15) is 52.9 Å². The third-order valence-corrected chi connectivity index (χ3v) is 4.89. The molecule has 2 aliphatic rings. The SMILES string of the molecule is CC(C)COC(=O)[C@@H]1CCCCN1C(=O)C(=O)[C@]1(O)OCCC[C@H]1C. The van der Waals surface area contributed by atoms with Gasteiger partial charge in [-0.3, -0.25) is 9.59 Å². The molecule has 0 unspecified atom stereocenters. The van der Waals surface area contributed by atoms with Crippen molar-refractivity contribution in [1.82, 2.24) is 4.90 Å². The molecule has 0 saturated carbocycles. The number of ether oxygens (including phenoxy) is 2. The summed E-state index contributed by atoms with van der Waals surface area (Å²) in [6, 6.07) is -0.772. The number of rotatable bonds is 5. The van der Waals surface area contributed by atoms with Gasteiger partial charge < -0.3 is 19.5 Å². The molecule has 7 heteroatoms. The highest BCUT2D eigenvalue weighted by molar-refractivity contribution is 6.39. The van der Waals surface area contributed by atoms with Crippen LogP contribution in [0.15, 0.2) is 0 Å². The lowest BCUT2D eigenvalue weighted by atomic mass is 9.88. The smallest absolute Gasteiger partial charge is 0.328 e. The summed E-state index contributed by atoms with van der Waals surface area (Å²) in [6.45, 7) is 6.36. The fraction of sp³-hybridized carbons (Fsp3) is 0.833. The molecule has 7 nitrogen and oxygen atoms in total. The van der Waals surface area contributed by atoms with Gasteiger partial charge >= 0.3 is 5.97 Å². The molecule has 0 radical (unpaired) electrons. The van der Waals surface area contributed by atoms with Crippen molar-refractivity contribution in [1.29, 1.82) is 0 Å². The number of Topliss-reactive ketones (excluding diaryl/α,β-unsaturated/α-hetero) is 1. The van der Waals surface area contributed by atoms with Crippen LogP contribution in [-0.2, 0) is 23.9 Å². The van der Waals surface area contributed by atoms with E-state index < -0.39 is 35.4 Å². The van der Waals surface area contributed by atoms with Gasteiger partial charge in [-0.05, 0) is 38.0 Å². The number of carbonyl (C=O) groups excluding carboxylic acids is 3. The normalized spacial score (nSPS) is 30.2. The van der Waals surface area contributed by atoms with Gasteiger partial charge in [0.15, 0.2) is 0 Å². The number of ketones is 1. The van der Waals surface area contributed by atoms with Gasteiger partial charge in [-0.25, -0.2) is 4.79 Å². The fourth-order valence-corrected chi connectivity index (χ4v) is 3.29. The van der Waals surface area contributed by atoms with Crippen molar-refractivity contribution in [3.8, 4) is 0 Å². The third-order valence-electron chi connectivity index (χ3n) is 4.89. The Labute approximate surface area is 148 Å². The molecule has 0 bridgehead atoms. The molecule has 142 valence electrons. The zero-order chi connectivity index (χ0) is 18.6. The first kappa shape index (κ1) is 19.8. The number of nitrogens with zero attached hydrogens (tertiary/aromatic N) is 1. The topological polar surface area (TPSA) is 93.1 Å². The molecule has 2 fully saturated rings. The molecule has 2 rings (SSSR count). The molecule has 0 aliphatic carbocycles. The first-order chi connectivity index (χ1) is 11.8. The van der Waals surface area contributed by atoms with Crippen molar-refractivity contribution in [2.24, 2.45) is 11.8 Å². The van der Waals surface area contributed by atoms with Gasteiger partial charge in [0.25, 0.3) is 11.7 Å². The molecule has 2 heterocycles. The Bertz CT molecular complexity index is 520. The van der Waals surface area contributed by atoms with Gasteiger partial charge in [-0.1, -0.05) is 20.8 Å². The van der Waals surface area contributed by atoms with Crippen molar-refractivity contribution in [2.45, 2.75) is 64.7 Å². The Morgan fingerprint density at radius 2 is 1.96 bits per heavy atom. The molecular weight excluding hydrogens is 326 g/mol. The fourth-order valence-electron chi connectivity index (χ4n) is 3.29. The van der Waals surface area contributed by atoms with E-state index in [1.807, 2.05) is 13.8 Å². The highest BCUT2D eigenvalue weighted by Gasteiger charge is 2.50. The summed E-state index contributed by atoms with van der Waals surface area (Å²) in [5.74, 6) is -4.70. The van der Waals surface area contributed by atoms with Crippen molar-refractivity contribution in [3.05, 3.63) is 0 Å². The lowest BCUT2D eigenvalue weighted by Crippen LogP contribution is -2.59. The minimum absolute atomic E-state index is 0.190. The zero-order valence-corrected chi connectivity index (χ0v) is 15.3. The summed E-state index contributed by atoms with van der Waals surface area (Å²) >= 11 is 0. The molecule has 0 aromatic heterocycles. The minimum Gasteiger partial charge on any atom is -0.464 e. The Morgan fingerprint density at radius 3 is 2.60 bits per heavy atom. The second-order valence-corrected chi connectivity index (χ2v) is 7.45. The second kappa shape index (κ2) is 8.27. The highest BCUT2D eigenvalue weighted by atomic mass is 16.6. The van der Waals surface area contributed by atoms with E-state index in [9.17, 15) is 19.5 Å². The summed E-state index contributed by atoms with van der Waals surface area (Å²) < 4.78 is 10.5. The van der Waals surface area contributed by atoms with Crippen LogP contribution in [0.25, 0.3) is 0 Å². The van der Waals surface area contributed by atoms with Crippen molar-refractivity contribution in [3.63, 3.8) is 0 Å². The number of hydrogen-bond donors (Lipinski definition) is 1. The Morgan fingerprint density at radius 1 is 1.24 bits per heavy atom. The average molecular weight is 355 g/mol. The molecule has 0 aromatic rings. The average Bonchev–Trinajstić information content (AvgIpc) is 2.61. The van der Waals surface area contributed by atoms with E-state index in [0.717, 1.165) is 12.8 Å². The van der Waals surface area contributed by atoms with Gasteiger partial charge in [0.05, 0.1) is 13.2 Å². The zero-order valence-electron chi connectivity index (χ0n) is 15.3. The highest BCUT2D eigenvalue weighted by Crippen LogP contribution is 2.31. The molecular formula is C18H29NO6. The molecule has 2 aliphatic heterocycles. The van der Waals surface area contributed by atoms with Gasteiger partial charge in [0, 0.05) is 12.5 Å². The number of hydrogen-bond acceptors (Lipinski definition) is 6. The van der Waals surface area contributed by atoms with Gasteiger partial charge in [0.2, 0.25) is 5.79 Å². The van der Waals surface area contributed by atoms with E-state index in [1.165, 1.54) is 4.90 Å². The van der Waals surface area contributed by atoms with Crippen molar-refractivity contribution < 1.29 is 29.0 Å². The largest absolute Gasteiger partial charge is 0.464 e. The Kier molecular flexibility index (Phi) is 6.57. The first-order valence-corrected chi connectivity index (χ1v) is 9.15. The molecule has 0 aromatic carbocycles. The van der Waals surface area contributed by atoms with E-state index in [0.29, 0.717) is 25.8 Å². The lowest BCUT2D eigenvalue weighted by Gasteiger charge is -2.39. The lowest BCUT2D eigenvalue weighted by molar-refractivity contribution is -0.240. The van der Waals surface area contributed by atoms with E-state index in [1.54, 1.807) is 6.92 Å². The van der Waals surface area contributed by atoms with Crippen LogP contribution < -0.4 is 0 Å². The summed E-state index contributed by atoms with van der Waals surface area (Å²) in [5, 5.41) is 10.6. The van der Waals surface area contributed by atoms with Crippen LogP contribution in [0.4, 0.5) is 0 Å². The van der Waals surface area contributed by atoms with E-state index >= 15 is 0 Å². The third kappa shape index (κ3) is 4.39. The van der Waals surface area contributed by atoms with Gasteiger partial charge in [-0.15, -0.1) is 0 Å². The summed E-state index contributed by atoms with van der Waals surface area (Å²) in [7, 11) is 0. The van der Waals surface area contributed by atoms with E-state index in [2.05, 4.69) is 0 Å². The number of carbonyl (C=O) groups is 3. The van der Waals surface area contributed by atoms with Crippen LogP contribution in [0.5, 0.6) is 0 Å². The quantitative estimate of drug-likeness (QED) is 0.590. The van der Waals surface area contributed by atoms with Crippen LogP contribution in [-0.4, -0.2) is 59.3 Å². The van der Waals surface area contributed by atoms with Crippen LogP contribution in [0, 0.1) is 11.8 Å². The molecule has 3 atom stereocenters. The molecule has 25 heavy (non-hydrogen) atoms. The van der Waals surface area contributed by atoms with Crippen LogP contribution in [0.2, 0.25) is 0 Å². The van der Waals surface area contributed by atoms with Gasteiger partial charge in [0.1, 0.15) is 6.04 Å². The van der Waals surface area contributed by atoms with Crippen molar-refractivity contribution in [2.75, 3.05) is 19.8 Å². The monoisotopic (exact) mass is 355 g/mol. The second-order valence-electron chi connectivity index (χ2n) is 7.45. The predicted molar refractivity (Wildman–Crippen MR) is 89.5 cm³/mol. The molecule has 2 saturated heterocycles. The minimum atomic E-state index is -2.10. The maximum Gasteiger partial charge on any atom is 0.328 e. The Balaban J connectivity index is 2.11. The molecule has 0 spiro atoms. The summed E-state index contributed by atoms with van der Waals surface area (Å²) in [5.41, 5.74) is 0. The van der Waals surface area contributed by atoms with E-state index in [4.69, 9.17) is 9.47 Å². The number of amides is 1. The van der Waals surface area contributed by atoms with Crippen LogP contribution >= 0.6 is 0 Å². The molecule has 1 amide bonds. The Hall–Kier alpha value is -1.47. The summed E-state index contributed by atoms with van der Waals surface area (Å²) in [6.07, 6.45) is 3.30. The number of likely N-dealkylation sites (tertiary alicyclic amines) is 1. The molecule has 1 N–H and O–H groups in total. The summed E-state index contributed by atoms with van der Waals surface area (Å²) in [4.78, 5) is 39.0.